The van der Waals surface area contributed by atoms with Crippen molar-refractivity contribution in [1.82, 2.24) is 0 Å². The maximum atomic E-state index is 13.1. The third-order valence-corrected chi connectivity index (χ3v) is 8.42. The van der Waals surface area contributed by atoms with Gasteiger partial charge in [0.1, 0.15) is 4.90 Å². The number of nitrogens with zero attached hydrogens (tertiary/aromatic N) is 1. The summed E-state index contributed by atoms with van der Waals surface area (Å²) in [6, 6.07) is 4.67. The van der Waals surface area contributed by atoms with Crippen molar-refractivity contribution in [2.45, 2.75) is 56.1 Å². The molecule has 0 saturated heterocycles. The number of rotatable bonds is 7. The summed E-state index contributed by atoms with van der Waals surface area (Å²) in [5, 5.41) is 11.1. The standard InChI is InChI=1S/C21H25NO7S/c1-3-19(23)28-20(2,21-11-14-7-15(12-21)9-16(8-14)13-21)29-30(26,27)18-6-4-5-17(10-18)22(24)25/h3-6,10,14-16H,1,7-9,11-13H2,2H3. The van der Waals surface area contributed by atoms with Crippen LogP contribution >= 0.6 is 0 Å². The summed E-state index contributed by atoms with van der Waals surface area (Å²) in [7, 11) is -4.44. The molecule has 0 heterocycles. The van der Waals surface area contributed by atoms with Crippen molar-refractivity contribution in [2.24, 2.45) is 23.2 Å². The Balaban J connectivity index is 1.73. The van der Waals surface area contributed by atoms with Crippen LogP contribution in [-0.4, -0.2) is 25.1 Å². The first kappa shape index (κ1) is 21.0. The molecular formula is C21H25NO7S. The molecule has 1 aromatic rings. The second-order valence-corrected chi connectivity index (χ2v) is 10.6. The Morgan fingerprint density at radius 3 is 2.30 bits per heavy atom. The number of ether oxygens (including phenoxy) is 1. The van der Waals surface area contributed by atoms with Crippen molar-refractivity contribution in [3.63, 3.8) is 0 Å². The topological polar surface area (TPSA) is 113 Å². The first-order valence-corrected chi connectivity index (χ1v) is 11.5. The second-order valence-electron chi connectivity index (χ2n) is 9.06. The molecule has 162 valence electrons. The van der Waals surface area contributed by atoms with Gasteiger partial charge in [-0.1, -0.05) is 12.6 Å². The number of hydrogen-bond acceptors (Lipinski definition) is 7. The van der Waals surface area contributed by atoms with Gasteiger partial charge in [0.15, 0.2) is 0 Å². The summed E-state index contributed by atoms with van der Waals surface area (Å²) in [5.74, 6) is -1.11. The lowest BCUT2D eigenvalue weighted by Gasteiger charge is -2.61. The van der Waals surface area contributed by atoms with Gasteiger partial charge in [0.2, 0.25) is 5.79 Å². The van der Waals surface area contributed by atoms with E-state index in [1.165, 1.54) is 25.1 Å². The molecule has 0 spiro atoms. The van der Waals surface area contributed by atoms with Crippen molar-refractivity contribution in [3.05, 3.63) is 47.0 Å². The van der Waals surface area contributed by atoms with Crippen molar-refractivity contribution in [1.29, 1.82) is 0 Å². The minimum absolute atomic E-state index is 0.345. The molecule has 5 rings (SSSR count). The number of nitro benzene ring substituents is 1. The number of hydrogen-bond donors (Lipinski definition) is 0. The number of benzene rings is 1. The molecule has 4 aliphatic rings. The molecule has 0 radical (unpaired) electrons. The highest BCUT2D eigenvalue weighted by molar-refractivity contribution is 7.86. The SMILES string of the molecule is C=CC(=O)OC(C)(OS(=O)(=O)c1cccc([N+](=O)[O-])c1)C12CC3CC(CC(C3)C1)C2. The smallest absolute Gasteiger partial charge is 0.332 e. The van der Waals surface area contributed by atoms with E-state index in [9.17, 15) is 23.3 Å². The van der Waals surface area contributed by atoms with Gasteiger partial charge in [-0.15, -0.1) is 0 Å². The van der Waals surface area contributed by atoms with Gasteiger partial charge in [-0.25, -0.2) is 8.98 Å². The fraction of sp³-hybridized carbons (Fsp3) is 0.571. The zero-order valence-electron chi connectivity index (χ0n) is 16.8. The number of carbonyl (C=O) groups is 1. The van der Waals surface area contributed by atoms with E-state index in [-0.39, 0.29) is 10.6 Å². The summed E-state index contributed by atoms with van der Waals surface area (Å²) in [6.07, 6.45) is 6.51. The maximum Gasteiger partial charge on any atom is 0.332 e. The van der Waals surface area contributed by atoms with E-state index in [1.54, 1.807) is 0 Å². The molecule has 30 heavy (non-hydrogen) atoms. The van der Waals surface area contributed by atoms with Crippen LogP contribution in [0.2, 0.25) is 0 Å². The first-order valence-electron chi connectivity index (χ1n) is 10.1. The molecule has 9 heteroatoms. The van der Waals surface area contributed by atoms with E-state index in [0.717, 1.165) is 50.7 Å². The van der Waals surface area contributed by atoms with Crippen LogP contribution in [0.3, 0.4) is 0 Å². The summed E-state index contributed by atoms with van der Waals surface area (Å²) in [6.45, 7) is 4.93. The first-order chi connectivity index (χ1) is 14.1. The average molecular weight is 435 g/mol. The lowest BCUT2D eigenvalue weighted by molar-refractivity contribution is -0.385. The Kier molecular flexibility index (Phi) is 5.01. The Morgan fingerprint density at radius 1 is 1.23 bits per heavy atom. The number of esters is 1. The molecule has 1 aromatic carbocycles. The fourth-order valence-corrected chi connectivity index (χ4v) is 7.36. The van der Waals surface area contributed by atoms with E-state index in [0.29, 0.717) is 17.8 Å². The van der Waals surface area contributed by atoms with Gasteiger partial charge in [-0.2, -0.15) is 8.42 Å². The Morgan fingerprint density at radius 2 is 1.80 bits per heavy atom. The highest BCUT2D eigenvalue weighted by Gasteiger charge is 2.63. The normalized spacial score (nSPS) is 31.7. The molecule has 4 bridgehead atoms. The molecule has 1 unspecified atom stereocenters. The predicted molar refractivity (Wildman–Crippen MR) is 107 cm³/mol. The van der Waals surface area contributed by atoms with Crippen molar-refractivity contribution in [2.75, 3.05) is 0 Å². The van der Waals surface area contributed by atoms with Crippen LogP contribution in [0.1, 0.15) is 45.4 Å². The molecule has 0 amide bonds. The van der Waals surface area contributed by atoms with Crippen molar-refractivity contribution in [3.8, 4) is 0 Å². The zero-order valence-corrected chi connectivity index (χ0v) is 17.6. The molecule has 8 nitrogen and oxygen atoms in total. The Bertz CT molecular complexity index is 967. The lowest BCUT2D eigenvalue weighted by Crippen LogP contribution is -2.60. The molecule has 4 aliphatic carbocycles. The van der Waals surface area contributed by atoms with Crippen LogP contribution in [0.25, 0.3) is 0 Å². The largest absolute Gasteiger partial charge is 0.428 e. The molecule has 0 aromatic heterocycles. The average Bonchev–Trinajstić information content (AvgIpc) is 2.66. The molecule has 0 aliphatic heterocycles. The van der Waals surface area contributed by atoms with Crippen LogP contribution in [-0.2, 0) is 23.8 Å². The van der Waals surface area contributed by atoms with Crippen LogP contribution in [0.4, 0.5) is 5.69 Å². The van der Waals surface area contributed by atoms with Gasteiger partial charge >= 0.3 is 16.1 Å². The summed E-state index contributed by atoms with van der Waals surface area (Å²) < 4.78 is 37.5. The van der Waals surface area contributed by atoms with Gasteiger partial charge in [-0.3, -0.25) is 10.1 Å². The van der Waals surface area contributed by atoms with Crippen molar-refractivity contribution >= 4 is 21.8 Å². The monoisotopic (exact) mass is 435 g/mol. The van der Waals surface area contributed by atoms with Gasteiger partial charge in [0.05, 0.1) is 4.92 Å². The molecule has 0 N–H and O–H groups in total. The number of carbonyl (C=O) groups excluding carboxylic acids is 1. The molecule has 1 atom stereocenters. The minimum Gasteiger partial charge on any atom is -0.428 e. The van der Waals surface area contributed by atoms with Crippen molar-refractivity contribution < 1.29 is 27.1 Å². The summed E-state index contributed by atoms with van der Waals surface area (Å²) in [5.41, 5.74) is -0.979. The quantitative estimate of drug-likeness (QED) is 0.159. The van der Waals surface area contributed by atoms with Gasteiger partial charge in [-0.05, 0) is 62.3 Å². The predicted octanol–water partition coefficient (Wildman–Crippen LogP) is 3.96. The Labute approximate surface area is 175 Å². The van der Waals surface area contributed by atoms with E-state index in [4.69, 9.17) is 8.92 Å². The van der Waals surface area contributed by atoms with Crippen LogP contribution in [0.15, 0.2) is 41.8 Å². The van der Waals surface area contributed by atoms with Crippen LogP contribution in [0.5, 0.6) is 0 Å². The molecule has 4 fully saturated rings. The highest BCUT2D eigenvalue weighted by atomic mass is 32.2. The second kappa shape index (κ2) is 7.16. The minimum atomic E-state index is -4.44. The third-order valence-electron chi connectivity index (χ3n) is 7.05. The number of non-ortho nitro benzene ring substituents is 1. The number of nitro groups is 1. The third kappa shape index (κ3) is 3.54. The molecular weight excluding hydrogens is 410 g/mol. The molecule has 4 saturated carbocycles. The van der Waals surface area contributed by atoms with E-state index in [1.807, 2.05) is 0 Å². The summed E-state index contributed by atoms with van der Waals surface area (Å²) in [4.78, 5) is 22.2. The fourth-order valence-electron chi connectivity index (χ4n) is 6.12. The van der Waals surface area contributed by atoms with E-state index in [2.05, 4.69) is 6.58 Å². The Hall–Kier alpha value is -2.26. The lowest BCUT2D eigenvalue weighted by atomic mass is 9.47. The van der Waals surface area contributed by atoms with E-state index < -0.39 is 32.2 Å². The van der Waals surface area contributed by atoms with E-state index >= 15 is 0 Å². The maximum absolute atomic E-state index is 13.1. The highest BCUT2D eigenvalue weighted by Crippen LogP contribution is 2.65. The van der Waals surface area contributed by atoms with Crippen LogP contribution < -0.4 is 0 Å². The van der Waals surface area contributed by atoms with Gasteiger partial charge in [0.25, 0.3) is 5.69 Å². The zero-order chi connectivity index (χ0) is 21.7. The summed E-state index contributed by atoms with van der Waals surface area (Å²) >= 11 is 0. The van der Waals surface area contributed by atoms with Crippen LogP contribution in [0, 0.1) is 33.3 Å². The van der Waals surface area contributed by atoms with Gasteiger partial charge < -0.3 is 4.74 Å². The van der Waals surface area contributed by atoms with Gasteiger partial charge in [0, 0.05) is 30.5 Å².